The smallest absolute Gasteiger partial charge is 0.497 e. The first kappa shape index (κ1) is 28.4. The van der Waals surface area contributed by atoms with Gasteiger partial charge in [-0.1, -0.05) is 0 Å². The highest BCUT2D eigenvalue weighted by Crippen LogP contribution is 2.32. The topological polar surface area (TPSA) is 131 Å². The predicted octanol–water partition coefficient (Wildman–Crippen LogP) is 3.79. The number of aromatic nitrogens is 1. The highest BCUT2D eigenvalue weighted by Gasteiger charge is 2.39. The fraction of sp³-hybridized carbons (Fsp3) is 0.458. The Morgan fingerprint density at radius 1 is 1.18 bits per heavy atom. The first-order valence-electron chi connectivity index (χ1n) is 11.9. The molecule has 212 valence electrons. The fourth-order valence-corrected chi connectivity index (χ4v) is 6.51. The summed E-state index contributed by atoms with van der Waals surface area (Å²) in [4.78, 5) is 26.6. The number of anilines is 1. The molecule has 39 heavy (non-hydrogen) atoms. The van der Waals surface area contributed by atoms with E-state index in [1.165, 1.54) is 18.2 Å². The molecule has 2 aromatic rings. The molecule has 0 spiro atoms. The van der Waals surface area contributed by atoms with Crippen LogP contribution in [0.25, 0.3) is 0 Å². The van der Waals surface area contributed by atoms with E-state index in [-0.39, 0.29) is 10.7 Å². The number of carbonyl (C=O) groups is 1. The van der Waals surface area contributed by atoms with Gasteiger partial charge in [-0.3, -0.25) is 0 Å². The minimum atomic E-state index is -4.49. The monoisotopic (exact) mass is 572 g/mol. The van der Waals surface area contributed by atoms with E-state index < -0.39 is 45.9 Å². The maximum atomic E-state index is 13.5. The lowest BCUT2D eigenvalue weighted by Crippen LogP contribution is -2.47. The summed E-state index contributed by atoms with van der Waals surface area (Å²) in [5.41, 5.74) is 0.114. The molecule has 2 aliphatic heterocycles. The molecule has 0 saturated carbocycles. The van der Waals surface area contributed by atoms with E-state index in [9.17, 15) is 26.4 Å². The second-order valence-corrected chi connectivity index (χ2v) is 11.1. The van der Waals surface area contributed by atoms with Crippen molar-refractivity contribution in [3.63, 3.8) is 0 Å². The van der Waals surface area contributed by atoms with Crippen molar-refractivity contribution in [1.29, 1.82) is 0 Å². The summed E-state index contributed by atoms with van der Waals surface area (Å²) in [6, 6.07) is 5.07. The van der Waals surface area contributed by atoms with Crippen molar-refractivity contribution in [1.82, 2.24) is 10.0 Å². The van der Waals surface area contributed by atoms with Gasteiger partial charge < -0.3 is 19.5 Å². The minimum Gasteiger partial charge on any atom is -0.497 e. The summed E-state index contributed by atoms with van der Waals surface area (Å²) in [5.74, 6) is 0.303. The number of halogens is 3. The summed E-state index contributed by atoms with van der Waals surface area (Å²) >= 11 is 0. The number of methoxy groups -OCH3 is 1. The van der Waals surface area contributed by atoms with Crippen molar-refractivity contribution in [2.75, 3.05) is 30.9 Å². The Morgan fingerprint density at radius 2 is 1.82 bits per heavy atom. The molecule has 2 aliphatic rings. The van der Waals surface area contributed by atoms with Gasteiger partial charge in [-0.05, 0) is 62.1 Å². The number of aryl methyl sites for hydroxylation is 2. The number of hydrogen-bond acceptors (Lipinski definition) is 10. The van der Waals surface area contributed by atoms with E-state index in [1.807, 2.05) is 0 Å². The fourth-order valence-electron chi connectivity index (χ4n) is 4.72. The number of hydrogen-bond donors (Lipinski definition) is 1. The number of piperidine rings is 1. The van der Waals surface area contributed by atoms with E-state index in [2.05, 4.69) is 14.7 Å². The number of aliphatic imine (C=N–C) groups is 1. The number of pyridine rings is 1. The average molecular weight is 573 g/mol. The number of nitrogens with zero attached hydrogens (tertiary/aromatic N) is 4. The zero-order valence-electron chi connectivity index (χ0n) is 21.3. The first-order chi connectivity index (χ1) is 18.3. The van der Waals surface area contributed by atoms with Gasteiger partial charge in [0.25, 0.3) is 0 Å². The Morgan fingerprint density at radius 3 is 2.33 bits per heavy atom. The first-order valence-corrected chi connectivity index (χ1v) is 13.5. The zero-order chi connectivity index (χ0) is 28.5. The Kier molecular flexibility index (Phi) is 7.93. The summed E-state index contributed by atoms with van der Waals surface area (Å²) in [5, 5.41) is 10.3. The van der Waals surface area contributed by atoms with Gasteiger partial charge in [0.05, 0.1) is 23.6 Å². The average Bonchev–Trinajstić information content (AvgIpc) is 3.23. The lowest BCUT2D eigenvalue weighted by molar-refractivity contribution is -0.224. The molecular weight excluding hydrogens is 545 g/mol. The van der Waals surface area contributed by atoms with Crippen LogP contribution >= 0.6 is 0 Å². The van der Waals surface area contributed by atoms with Crippen molar-refractivity contribution in [3.05, 3.63) is 47.2 Å². The Labute approximate surface area is 222 Å². The Balaban J connectivity index is 1.51. The molecule has 4 rings (SSSR count). The van der Waals surface area contributed by atoms with Crippen LogP contribution in [0, 0.1) is 13.8 Å². The van der Waals surface area contributed by atoms with Gasteiger partial charge in [0.1, 0.15) is 23.2 Å². The second-order valence-electron chi connectivity index (χ2n) is 9.14. The summed E-state index contributed by atoms with van der Waals surface area (Å²) in [6.07, 6.45) is -6.11. The van der Waals surface area contributed by atoms with Crippen LogP contribution < -0.4 is 9.64 Å². The molecule has 1 fully saturated rings. The van der Waals surface area contributed by atoms with Gasteiger partial charge in [0.2, 0.25) is 0 Å². The van der Waals surface area contributed by atoms with Gasteiger partial charge in [-0.2, -0.15) is 18.2 Å². The highest BCUT2D eigenvalue weighted by molar-refractivity contribution is 7.92. The summed E-state index contributed by atoms with van der Waals surface area (Å²) in [6.45, 7) is 4.05. The molecule has 1 aromatic carbocycles. The van der Waals surface area contributed by atoms with E-state index in [1.54, 1.807) is 30.9 Å². The molecule has 1 N–H and O–H groups in total. The Hall–Kier alpha value is -3.59. The number of sulfone groups is 1. The lowest BCUT2D eigenvalue weighted by atomic mass is 10.0. The third-order valence-corrected chi connectivity index (χ3v) is 8.31. The molecule has 0 radical (unpaired) electrons. The van der Waals surface area contributed by atoms with Crippen molar-refractivity contribution in [2.24, 2.45) is 4.99 Å². The van der Waals surface area contributed by atoms with Gasteiger partial charge >= 0.3 is 18.7 Å². The summed E-state index contributed by atoms with van der Waals surface area (Å²) < 4.78 is 75.3. The van der Waals surface area contributed by atoms with E-state index in [4.69, 9.17) is 14.7 Å². The quantitative estimate of drug-likeness (QED) is 0.489. The highest BCUT2D eigenvalue weighted by atomic mass is 32.2. The maximum Gasteiger partial charge on any atom is 0.509 e. The molecule has 3 heterocycles. The molecule has 0 amide bonds. The van der Waals surface area contributed by atoms with Crippen LogP contribution in [0.1, 0.15) is 29.5 Å². The van der Waals surface area contributed by atoms with Crippen molar-refractivity contribution in [2.45, 2.75) is 50.2 Å². The minimum absolute atomic E-state index is 0.0121. The third-order valence-electron chi connectivity index (χ3n) is 6.41. The van der Waals surface area contributed by atoms with Gasteiger partial charge in [-0.15, -0.1) is 0 Å². The number of rotatable bonds is 7. The number of hydroxylamine groups is 2. The normalized spacial score (nSPS) is 18.7. The van der Waals surface area contributed by atoms with Crippen molar-refractivity contribution >= 4 is 27.6 Å². The number of carboxylic acid groups (broad SMARTS) is 1. The van der Waals surface area contributed by atoms with E-state index in [0.717, 1.165) is 12.3 Å². The largest absolute Gasteiger partial charge is 0.509 e. The van der Waals surface area contributed by atoms with E-state index >= 15 is 0 Å². The molecule has 0 bridgehead atoms. The maximum absolute atomic E-state index is 13.5. The van der Waals surface area contributed by atoms with E-state index in [0.29, 0.717) is 48.6 Å². The van der Waals surface area contributed by atoms with Crippen molar-refractivity contribution < 1.29 is 45.8 Å². The standard InChI is InChI=1S/C24H27F3N4O7S/c1-14-10-18(36-3)11-15(2)21(14)39(34,35)13-20-29-22(37-23(32)33)38-31(20)17-6-8-30(9-7-17)19-5-4-16(12-28-19)24(25,26)27/h4-5,10-12,17,22H,6-9,13H2,1-3H3,(H,32,33). The molecule has 11 nitrogen and oxygen atoms in total. The number of alkyl halides is 3. The SMILES string of the molecule is COc1cc(C)c(S(=O)(=O)CC2=NC(OC(=O)O)ON2C2CCN(c3ccc(C(F)(F)F)cn3)CC2)c(C)c1. The summed E-state index contributed by atoms with van der Waals surface area (Å²) in [7, 11) is -2.47. The number of amidine groups is 1. The van der Waals surface area contributed by atoms with Gasteiger partial charge in [-0.25, -0.2) is 28.1 Å². The van der Waals surface area contributed by atoms with Crippen molar-refractivity contribution in [3.8, 4) is 5.75 Å². The third kappa shape index (κ3) is 6.36. The molecule has 15 heteroatoms. The number of ether oxygens (including phenoxy) is 2. The van der Waals surface area contributed by atoms with Gasteiger partial charge in [0.15, 0.2) is 9.84 Å². The van der Waals surface area contributed by atoms with Gasteiger partial charge in [0, 0.05) is 19.3 Å². The van der Waals surface area contributed by atoms with Crippen LogP contribution in [0.3, 0.4) is 0 Å². The van der Waals surface area contributed by atoms with Crippen LogP contribution in [-0.2, 0) is 25.6 Å². The molecule has 1 atom stereocenters. The van der Waals surface area contributed by atoms with Crippen LogP contribution in [-0.4, -0.2) is 74.0 Å². The predicted molar refractivity (Wildman–Crippen MR) is 132 cm³/mol. The van der Waals surface area contributed by atoms with Crippen LogP contribution in [0.4, 0.5) is 23.8 Å². The lowest BCUT2D eigenvalue weighted by Gasteiger charge is -2.37. The number of benzene rings is 1. The van der Waals surface area contributed by atoms with Crippen LogP contribution in [0.2, 0.25) is 0 Å². The van der Waals surface area contributed by atoms with Crippen LogP contribution in [0.15, 0.2) is 40.4 Å². The second kappa shape index (κ2) is 10.9. The zero-order valence-corrected chi connectivity index (χ0v) is 22.1. The van der Waals surface area contributed by atoms with Crippen LogP contribution in [0.5, 0.6) is 5.75 Å². The molecule has 1 aromatic heterocycles. The molecular formula is C24H27F3N4O7S. The molecule has 1 unspecified atom stereocenters. The molecule has 1 saturated heterocycles. The molecule has 0 aliphatic carbocycles. The Bertz CT molecular complexity index is 1340.